The van der Waals surface area contributed by atoms with Gasteiger partial charge in [0, 0.05) is 17.0 Å². The molecule has 0 fully saturated rings. The van der Waals surface area contributed by atoms with E-state index in [2.05, 4.69) is 53.1 Å². The van der Waals surface area contributed by atoms with Crippen molar-refractivity contribution in [1.82, 2.24) is 5.32 Å². The summed E-state index contributed by atoms with van der Waals surface area (Å²) in [6.45, 7) is 1.61. The fourth-order valence-electron chi connectivity index (χ4n) is 2.07. The van der Waals surface area contributed by atoms with E-state index >= 15 is 0 Å². The Bertz CT molecular complexity index is 857. The second-order valence-electron chi connectivity index (χ2n) is 5.24. The standard InChI is InChI=1S/C18H14Br3NO4/c1-10(23)22-16(18(24)25)8-11-6-14(20)17(15(21)7-11)26-9-12-4-2-3-5-13(12)19/h2-8H,9H2,1H3,(H,22,23)(H,24,25)/b16-8+. The number of halogens is 3. The molecule has 0 aliphatic carbocycles. The molecule has 1 amide bonds. The van der Waals surface area contributed by atoms with Gasteiger partial charge in [0.1, 0.15) is 18.1 Å². The van der Waals surface area contributed by atoms with Gasteiger partial charge in [0.05, 0.1) is 8.95 Å². The summed E-state index contributed by atoms with van der Waals surface area (Å²) in [5.74, 6) is -1.08. The Labute approximate surface area is 175 Å². The number of hydrogen-bond donors (Lipinski definition) is 2. The summed E-state index contributed by atoms with van der Waals surface area (Å²) in [6, 6.07) is 11.2. The Kier molecular flexibility index (Phi) is 7.43. The first-order valence-corrected chi connectivity index (χ1v) is 9.73. The Morgan fingerprint density at radius 3 is 2.27 bits per heavy atom. The molecule has 0 saturated carbocycles. The number of carboxylic acids is 1. The molecule has 0 heterocycles. The fraction of sp³-hybridized carbons (Fsp3) is 0.111. The summed E-state index contributed by atoms with van der Waals surface area (Å²) in [7, 11) is 0. The van der Waals surface area contributed by atoms with Gasteiger partial charge in [-0.3, -0.25) is 4.79 Å². The van der Waals surface area contributed by atoms with E-state index in [0.29, 0.717) is 26.9 Å². The molecule has 0 aliphatic rings. The van der Waals surface area contributed by atoms with E-state index in [1.54, 1.807) is 12.1 Å². The zero-order valence-electron chi connectivity index (χ0n) is 13.6. The van der Waals surface area contributed by atoms with Crippen LogP contribution >= 0.6 is 47.8 Å². The zero-order chi connectivity index (χ0) is 19.3. The average Bonchev–Trinajstić information content (AvgIpc) is 2.54. The predicted molar refractivity (Wildman–Crippen MR) is 110 cm³/mol. The van der Waals surface area contributed by atoms with Crippen LogP contribution in [0.5, 0.6) is 5.75 Å². The van der Waals surface area contributed by atoms with E-state index in [-0.39, 0.29) is 5.70 Å². The van der Waals surface area contributed by atoms with Crippen molar-refractivity contribution in [2.45, 2.75) is 13.5 Å². The first kappa shape index (κ1) is 20.7. The van der Waals surface area contributed by atoms with E-state index in [4.69, 9.17) is 4.74 Å². The number of benzene rings is 2. The highest BCUT2D eigenvalue weighted by atomic mass is 79.9. The van der Waals surface area contributed by atoms with Crippen LogP contribution in [0.25, 0.3) is 6.08 Å². The number of carbonyl (C=O) groups is 2. The molecule has 2 aromatic carbocycles. The second kappa shape index (κ2) is 9.34. The van der Waals surface area contributed by atoms with Gasteiger partial charge < -0.3 is 15.2 Å². The molecule has 0 aliphatic heterocycles. The highest BCUT2D eigenvalue weighted by molar-refractivity contribution is 9.11. The van der Waals surface area contributed by atoms with Crippen LogP contribution in [0.15, 0.2) is 55.5 Å². The third kappa shape index (κ3) is 5.69. The topological polar surface area (TPSA) is 75.6 Å². The molecule has 0 atom stereocenters. The van der Waals surface area contributed by atoms with Crippen LogP contribution < -0.4 is 10.1 Å². The van der Waals surface area contributed by atoms with Crippen molar-refractivity contribution < 1.29 is 19.4 Å². The lowest BCUT2D eigenvalue weighted by atomic mass is 10.2. The highest BCUT2D eigenvalue weighted by Crippen LogP contribution is 2.36. The lowest BCUT2D eigenvalue weighted by molar-refractivity contribution is -0.134. The van der Waals surface area contributed by atoms with Crippen LogP contribution in [0.1, 0.15) is 18.1 Å². The molecule has 0 aromatic heterocycles. The SMILES string of the molecule is CC(=O)N/C(=C/c1cc(Br)c(OCc2ccccc2Br)c(Br)c1)C(=O)O. The van der Waals surface area contributed by atoms with E-state index < -0.39 is 11.9 Å². The Morgan fingerprint density at radius 2 is 1.73 bits per heavy atom. The minimum Gasteiger partial charge on any atom is -0.486 e. The maximum atomic E-state index is 11.2. The lowest BCUT2D eigenvalue weighted by Gasteiger charge is -2.13. The van der Waals surface area contributed by atoms with Gasteiger partial charge in [-0.15, -0.1) is 0 Å². The van der Waals surface area contributed by atoms with Crippen molar-refractivity contribution in [2.75, 3.05) is 0 Å². The van der Waals surface area contributed by atoms with Gasteiger partial charge in [-0.2, -0.15) is 0 Å². The summed E-state index contributed by atoms with van der Waals surface area (Å²) in [4.78, 5) is 22.4. The molecule has 2 aromatic rings. The number of rotatable bonds is 6. The Hall–Kier alpha value is -1.64. The Balaban J connectivity index is 2.26. The molecule has 8 heteroatoms. The van der Waals surface area contributed by atoms with Crippen LogP contribution in [0, 0.1) is 0 Å². The van der Waals surface area contributed by atoms with Crippen molar-refractivity contribution >= 4 is 65.7 Å². The number of hydrogen-bond acceptors (Lipinski definition) is 3. The number of carbonyl (C=O) groups excluding carboxylic acids is 1. The van der Waals surface area contributed by atoms with Gasteiger partial charge in [-0.25, -0.2) is 4.79 Å². The van der Waals surface area contributed by atoms with Crippen LogP contribution in [-0.4, -0.2) is 17.0 Å². The number of nitrogens with one attached hydrogen (secondary N) is 1. The van der Waals surface area contributed by atoms with E-state index in [0.717, 1.165) is 10.0 Å². The average molecular weight is 548 g/mol. The molecule has 2 N–H and O–H groups in total. The minimum atomic E-state index is -1.22. The molecule has 0 saturated heterocycles. The summed E-state index contributed by atoms with van der Waals surface area (Å²) < 4.78 is 8.13. The van der Waals surface area contributed by atoms with Gasteiger partial charge in [0.15, 0.2) is 0 Å². The van der Waals surface area contributed by atoms with Crippen molar-refractivity contribution in [1.29, 1.82) is 0 Å². The molecule has 5 nitrogen and oxygen atoms in total. The third-order valence-corrected chi connectivity index (χ3v) is 5.15. The molecule has 26 heavy (non-hydrogen) atoms. The van der Waals surface area contributed by atoms with Crippen LogP contribution in [-0.2, 0) is 16.2 Å². The third-order valence-electron chi connectivity index (χ3n) is 3.20. The lowest BCUT2D eigenvalue weighted by Crippen LogP contribution is -2.24. The molecule has 136 valence electrons. The van der Waals surface area contributed by atoms with E-state index in [1.165, 1.54) is 13.0 Å². The maximum Gasteiger partial charge on any atom is 0.352 e. The van der Waals surface area contributed by atoms with Crippen molar-refractivity contribution in [3.8, 4) is 5.75 Å². The predicted octanol–water partition coefficient (Wildman–Crippen LogP) is 5.11. The molecular weight excluding hydrogens is 534 g/mol. The van der Waals surface area contributed by atoms with E-state index in [1.807, 2.05) is 24.3 Å². The van der Waals surface area contributed by atoms with Crippen LogP contribution in [0.4, 0.5) is 0 Å². The van der Waals surface area contributed by atoms with E-state index in [9.17, 15) is 14.7 Å². The molecule has 0 spiro atoms. The minimum absolute atomic E-state index is 0.210. The second-order valence-corrected chi connectivity index (χ2v) is 7.80. The summed E-state index contributed by atoms with van der Waals surface area (Å²) in [5, 5.41) is 11.5. The van der Waals surface area contributed by atoms with Crippen molar-refractivity contribution in [2.24, 2.45) is 0 Å². The maximum absolute atomic E-state index is 11.2. The van der Waals surface area contributed by atoms with Crippen molar-refractivity contribution in [3.63, 3.8) is 0 Å². The van der Waals surface area contributed by atoms with Crippen molar-refractivity contribution in [3.05, 3.63) is 66.6 Å². The highest BCUT2D eigenvalue weighted by Gasteiger charge is 2.13. The molecule has 0 bridgehead atoms. The molecular formula is C18H14Br3NO4. The van der Waals surface area contributed by atoms with Gasteiger partial charge in [-0.05, 0) is 61.7 Å². The normalized spacial score (nSPS) is 11.2. The summed E-state index contributed by atoms with van der Waals surface area (Å²) in [6.07, 6.45) is 1.37. The molecule has 2 rings (SSSR count). The number of amides is 1. The first-order chi connectivity index (χ1) is 12.3. The first-order valence-electron chi connectivity index (χ1n) is 7.35. The number of aliphatic carboxylic acids is 1. The monoisotopic (exact) mass is 545 g/mol. The molecule has 0 radical (unpaired) electrons. The van der Waals surface area contributed by atoms with Crippen LogP contribution in [0.2, 0.25) is 0 Å². The fourth-order valence-corrected chi connectivity index (χ4v) is 3.92. The quantitative estimate of drug-likeness (QED) is 0.493. The Morgan fingerprint density at radius 1 is 1.12 bits per heavy atom. The summed E-state index contributed by atoms with van der Waals surface area (Å²) >= 11 is 10.4. The van der Waals surface area contributed by atoms with Gasteiger partial charge >= 0.3 is 5.97 Å². The zero-order valence-corrected chi connectivity index (χ0v) is 18.3. The van der Waals surface area contributed by atoms with Crippen LogP contribution in [0.3, 0.4) is 0 Å². The summed E-state index contributed by atoms with van der Waals surface area (Å²) in [5.41, 5.74) is 1.37. The van der Waals surface area contributed by atoms with Gasteiger partial charge in [0.2, 0.25) is 5.91 Å². The largest absolute Gasteiger partial charge is 0.486 e. The number of carboxylic acid groups (broad SMARTS) is 1. The molecule has 0 unspecified atom stereocenters. The number of ether oxygens (including phenoxy) is 1. The smallest absolute Gasteiger partial charge is 0.352 e. The van der Waals surface area contributed by atoms with Gasteiger partial charge in [-0.1, -0.05) is 34.1 Å². The van der Waals surface area contributed by atoms with Gasteiger partial charge in [0.25, 0.3) is 0 Å².